The minimum Gasteiger partial charge on any atom is -0.378 e. The Morgan fingerprint density at radius 2 is 1.77 bits per heavy atom. The zero-order valence-corrected chi connectivity index (χ0v) is 17.2. The zero-order valence-electron chi connectivity index (χ0n) is 17.2. The molecule has 0 saturated carbocycles. The molecule has 1 aliphatic rings. The normalized spacial score (nSPS) is 13.8. The Hall–Kier alpha value is -3.68. The lowest BCUT2D eigenvalue weighted by molar-refractivity contribution is 0.0746. The van der Waals surface area contributed by atoms with Gasteiger partial charge >= 0.3 is 0 Å². The summed E-state index contributed by atoms with van der Waals surface area (Å²) < 4.78 is 0. The number of aromatic nitrogens is 3. The van der Waals surface area contributed by atoms with Crippen LogP contribution in [0.5, 0.6) is 0 Å². The van der Waals surface area contributed by atoms with E-state index >= 15 is 0 Å². The lowest BCUT2D eigenvalue weighted by Gasteiger charge is -2.35. The van der Waals surface area contributed by atoms with Crippen molar-refractivity contribution in [3.63, 3.8) is 0 Å². The van der Waals surface area contributed by atoms with E-state index in [-0.39, 0.29) is 5.91 Å². The van der Waals surface area contributed by atoms with Crippen molar-refractivity contribution in [2.45, 2.75) is 0 Å². The smallest absolute Gasteiger partial charge is 0.254 e. The van der Waals surface area contributed by atoms with Crippen LogP contribution in [0.4, 0.5) is 23.1 Å². The van der Waals surface area contributed by atoms with E-state index in [0.29, 0.717) is 18.9 Å². The summed E-state index contributed by atoms with van der Waals surface area (Å²) in [4.78, 5) is 31.9. The monoisotopic (exact) mass is 403 g/mol. The topological polar surface area (TPSA) is 77.5 Å². The number of pyridine rings is 1. The summed E-state index contributed by atoms with van der Waals surface area (Å²) in [5.74, 6) is 2.33. The summed E-state index contributed by atoms with van der Waals surface area (Å²) >= 11 is 0. The van der Waals surface area contributed by atoms with E-state index in [1.54, 1.807) is 12.5 Å². The Morgan fingerprint density at radius 3 is 2.50 bits per heavy atom. The molecule has 1 aromatic carbocycles. The van der Waals surface area contributed by atoms with Crippen molar-refractivity contribution in [3.8, 4) is 0 Å². The number of piperazine rings is 1. The molecule has 0 bridgehead atoms. The van der Waals surface area contributed by atoms with Crippen LogP contribution < -0.4 is 15.1 Å². The van der Waals surface area contributed by atoms with Gasteiger partial charge in [-0.05, 0) is 30.3 Å². The van der Waals surface area contributed by atoms with E-state index in [4.69, 9.17) is 0 Å². The molecule has 154 valence electrons. The molecule has 8 heteroatoms. The van der Waals surface area contributed by atoms with Crippen molar-refractivity contribution in [3.05, 3.63) is 66.6 Å². The predicted molar refractivity (Wildman–Crippen MR) is 118 cm³/mol. The molecule has 1 aliphatic heterocycles. The van der Waals surface area contributed by atoms with Gasteiger partial charge in [0.15, 0.2) is 0 Å². The second kappa shape index (κ2) is 8.77. The van der Waals surface area contributed by atoms with Gasteiger partial charge < -0.3 is 20.0 Å². The first-order valence-electron chi connectivity index (χ1n) is 9.92. The Kier molecular flexibility index (Phi) is 5.74. The highest BCUT2D eigenvalue weighted by Gasteiger charge is 2.23. The van der Waals surface area contributed by atoms with Crippen LogP contribution in [-0.4, -0.2) is 66.0 Å². The van der Waals surface area contributed by atoms with Crippen LogP contribution in [0.1, 0.15) is 10.4 Å². The summed E-state index contributed by atoms with van der Waals surface area (Å²) in [5.41, 5.74) is 1.74. The van der Waals surface area contributed by atoms with E-state index in [1.807, 2.05) is 72.4 Å². The molecule has 3 aromatic rings. The van der Waals surface area contributed by atoms with Gasteiger partial charge in [0.2, 0.25) is 0 Å². The highest BCUT2D eigenvalue weighted by atomic mass is 16.2. The maximum atomic E-state index is 12.9. The van der Waals surface area contributed by atoms with Gasteiger partial charge in [0.05, 0.1) is 0 Å². The molecule has 8 nitrogen and oxygen atoms in total. The minimum absolute atomic E-state index is 0.0681. The van der Waals surface area contributed by atoms with Crippen molar-refractivity contribution in [1.82, 2.24) is 19.9 Å². The molecule has 0 radical (unpaired) electrons. The SMILES string of the molecule is CN(C)c1cccc(C(=O)N2CCN(c3cc(Nc4ccccn4)ncn3)CC2)c1. The molecule has 3 heterocycles. The Balaban J connectivity index is 1.39. The fraction of sp³-hybridized carbons (Fsp3) is 0.273. The van der Waals surface area contributed by atoms with Gasteiger partial charge in [0, 0.05) is 63.8 Å². The maximum absolute atomic E-state index is 12.9. The summed E-state index contributed by atoms with van der Waals surface area (Å²) in [7, 11) is 3.95. The fourth-order valence-electron chi connectivity index (χ4n) is 3.39. The van der Waals surface area contributed by atoms with Gasteiger partial charge in [-0.2, -0.15) is 0 Å². The number of nitrogens with one attached hydrogen (secondary N) is 1. The largest absolute Gasteiger partial charge is 0.378 e. The van der Waals surface area contributed by atoms with Crippen LogP contribution in [0.2, 0.25) is 0 Å². The molecule has 4 rings (SSSR count). The van der Waals surface area contributed by atoms with Gasteiger partial charge in [-0.15, -0.1) is 0 Å². The van der Waals surface area contributed by atoms with Gasteiger partial charge in [-0.25, -0.2) is 15.0 Å². The molecule has 0 atom stereocenters. The average molecular weight is 403 g/mol. The van der Waals surface area contributed by atoms with E-state index < -0.39 is 0 Å². The molecule has 1 N–H and O–H groups in total. The first-order valence-corrected chi connectivity index (χ1v) is 9.92. The van der Waals surface area contributed by atoms with Crippen LogP contribution in [0.15, 0.2) is 61.1 Å². The van der Waals surface area contributed by atoms with Gasteiger partial charge in [-0.3, -0.25) is 4.79 Å². The van der Waals surface area contributed by atoms with E-state index in [1.165, 1.54) is 0 Å². The van der Waals surface area contributed by atoms with Gasteiger partial charge in [0.1, 0.15) is 23.8 Å². The second-order valence-corrected chi connectivity index (χ2v) is 7.33. The fourth-order valence-corrected chi connectivity index (χ4v) is 3.39. The number of anilines is 4. The number of carbonyl (C=O) groups excluding carboxylic acids is 1. The molecule has 30 heavy (non-hydrogen) atoms. The van der Waals surface area contributed by atoms with Crippen LogP contribution in [0.25, 0.3) is 0 Å². The number of nitrogens with zero attached hydrogens (tertiary/aromatic N) is 6. The van der Waals surface area contributed by atoms with Crippen LogP contribution in [-0.2, 0) is 0 Å². The molecule has 0 aliphatic carbocycles. The molecule has 1 amide bonds. The minimum atomic E-state index is 0.0681. The number of hydrogen-bond donors (Lipinski definition) is 1. The maximum Gasteiger partial charge on any atom is 0.254 e. The third kappa shape index (κ3) is 4.48. The van der Waals surface area contributed by atoms with Crippen molar-refractivity contribution >= 4 is 29.0 Å². The lowest BCUT2D eigenvalue weighted by Crippen LogP contribution is -2.49. The van der Waals surface area contributed by atoms with E-state index in [0.717, 1.165) is 36.0 Å². The Bertz CT molecular complexity index is 1000. The second-order valence-electron chi connectivity index (χ2n) is 7.33. The third-order valence-corrected chi connectivity index (χ3v) is 5.07. The first-order chi connectivity index (χ1) is 14.6. The number of benzene rings is 1. The van der Waals surface area contributed by atoms with Crippen LogP contribution >= 0.6 is 0 Å². The number of hydrogen-bond acceptors (Lipinski definition) is 7. The number of rotatable bonds is 5. The lowest BCUT2D eigenvalue weighted by atomic mass is 10.1. The average Bonchev–Trinajstić information content (AvgIpc) is 2.79. The molecule has 1 saturated heterocycles. The zero-order chi connectivity index (χ0) is 20.9. The summed E-state index contributed by atoms with van der Waals surface area (Å²) in [6.07, 6.45) is 3.28. The summed E-state index contributed by atoms with van der Waals surface area (Å²) in [5, 5.41) is 3.19. The molecular weight excluding hydrogens is 378 g/mol. The van der Waals surface area contributed by atoms with Crippen molar-refractivity contribution in [2.75, 3.05) is 55.4 Å². The van der Waals surface area contributed by atoms with Crippen LogP contribution in [0.3, 0.4) is 0 Å². The van der Waals surface area contributed by atoms with Gasteiger partial charge in [-0.1, -0.05) is 12.1 Å². The number of carbonyl (C=O) groups is 1. The first kappa shape index (κ1) is 19.6. The van der Waals surface area contributed by atoms with Crippen LogP contribution in [0, 0.1) is 0 Å². The Labute approximate surface area is 176 Å². The predicted octanol–water partition coefficient (Wildman–Crippen LogP) is 2.64. The van der Waals surface area contributed by atoms with Crippen molar-refractivity contribution in [2.24, 2.45) is 0 Å². The standard InChI is InChI=1S/C22H25N7O/c1-27(2)18-7-5-6-17(14-18)22(30)29-12-10-28(11-13-29)21-15-20(24-16-25-21)26-19-8-3-4-9-23-19/h3-9,14-16H,10-13H2,1-2H3,(H,23,24,25,26). The van der Waals surface area contributed by atoms with Gasteiger partial charge in [0.25, 0.3) is 5.91 Å². The summed E-state index contributed by atoms with van der Waals surface area (Å²) in [6, 6.07) is 15.3. The molecule has 0 spiro atoms. The van der Waals surface area contributed by atoms with Crippen molar-refractivity contribution < 1.29 is 4.79 Å². The van der Waals surface area contributed by atoms with Crippen molar-refractivity contribution in [1.29, 1.82) is 0 Å². The quantitative estimate of drug-likeness (QED) is 0.702. The number of amides is 1. The van der Waals surface area contributed by atoms with E-state index in [9.17, 15) is 4.79 Å². The highest BCUT2D eigenvalue weighted by Crippen LogP contribution is 2.20. The molecule has 0 unspecified atom stereocenters. The Morgan fingerprint density at radius 1 is 0.933 bits per heavy atom. The molecule has 1 fully saturated rings. The third-order valence-electron chi connectivity index (χ3n) is 5.07. The summed E-state index contributed by atoms with van der Waals surface area (Å²) in [6.45, 7) is 2.74. The molecule has 2 aromatic heterocycles. The highest BCUT2D eigenvalue weighted by molar-refractivity contribution is 5.95. The molecular formula is C22H25N7O. The van der Waals surface area contributed by atoms with E-state index in [2.05, 4.69) is 25.2 Å².